The summed E-state index contributed by atoms with van der Waals surface area (Å²) in [6.45, 7) is 0. The summed E-state index contributed by atoms with van der Waals surface area (Å²) in [4.78, 5) is 12.8. The third kappa shape index (κ3) is 3.74. The highest BCUT2D eigenvalue weighted by Gasteiger charge is 2.13. The van der Waals surface area contributed by atoms with Crippen LogP contribution >= 0.6 is 15.9 Å². The Labute approximate surface area is 182 Å². The zero-order valence-corrected chi connectivity index (χ0v) is 18.1. The largest absolute Gasteiger partial charge is 0.493 e. The smallest absolute Gasteiger partial charge is 0.204 e. The summed E-state index contributed by atoms with van der Waals surface area (Å²) >= 11 is 3.45. The van der Waals surface area contributed by atoms with Gasteiger partial charge in [-0.15, -0.1) is 0 Å². The monoisotopic (exact) mass is 462 g/mol. The molecule has 0 amide bonds. The number of para-hydroxylation sites is 1. The van der Waals surface area contributed by atoms with Crippen molar-refractivity contribution in [3.8, 4) is 17.2 Å². The van der Waals surface area contributed by atoms with Crippen molar-refractivity contribution in [1.29, 1.82) is 0 Å². The Morgan fingerprint density at radius 3 is 2.40 bits per heavy atom. The zero-order chi connectivity index (χ0) is 21.1. The molecule has 0 aliphatic rings. The lowest BCUT2D eigenvalue weighted by Crippen LogP contribution is -2.04. The van der Waals surface area contributed by atoms with Crippen LogP contribution in [0.2, 0.25) is 0 Å². The third-order valence-electron chi connectivity index (χ3n) is 4.73. The van der Waals surface area contributed by atoms with Crippen LogP contribution < -0.4 is 14.9 Å². The van der Waals surface area contributed by atoms with Gasteiger partial charge in [0.05, 0.1) is 25.6 Å². The van der Waals surface area contributed by atoms with Crippen LogP contribution in [0.5, 0.6) is 11.5 Å². The molecule has 1 aromatic heterocycles. The molecule has 0 unspecified atom stereocenters. The molecular formula is C24H19BrN2O3. The van der Waals surface area contributed by atoms with Gasteiger partial charge in [-0.25, -0.2) is 4.68 Å². The minimum absolute atomic E-state index is 0.0935. The molecule has 0 fully saturated rings. The molecule has 1 heterocycles. The number of nitrogens with zero attached hydrogens (tertiary/aromatic N) is 2. The molecule has 0 saturated carbocycles. The molecule has 5 nitrogen and oxygen atoms in total. The standard InChI is InChI=1S/C24H19BrN2O3/c1-29-22-9-5-6-16(24(22)30-2)10-15-20-19-7-3-4-8-21(28)23(19)27(26-20)18-13-11-17(25)12-14-18/h3-15H,1-2H3. The number of hydrogen-bond acceptors (Lipinski definition) is 4. The van der Waals surface area contributed by atoms with E-state index in [4.69, 9.17) is 14.6 Å². The Morgan fingerprint density at radius 2 is 1.67 bits per heavy atom. The molecule has 4 rings (SSSR count). The summed E-state index contributed by atoms with van der Waals surface area (Å²) in [6.07, 6.45) is 3.79. The second-order valence-electron chi connectivity index (χ2n) is 6.53. The molecule has 0 aliphatic carbocycles. The molecule has 0 N–H and O–H groups in total. The average molecular weight is 463 g/mol. The van der Waals surface area contributed by atoms with Crippen molar-refractivity contribution >= 4 is 39.0 Å². The van der Waals surface area contributed by atoms with Crippen LogP contribution in [-0.4, -0.2) is 24.0 Å². The molecule has 3 aromatic carbocycles. The topological polar surface area (TPSA) is 53.4 Å². The number of rotatable bonds is 5. The molecule has 4 aromatic rings. The number of benzene rings is 2. The third-order valence-corrected chi connectivity index (χ3v) is 5.26. The number of fused-ring (bicyclic) bond motifs is 1. The summed E-state index contributed by atoms with van der Waals surface area (Å²) in [7, 11) is 3.21. The fourth-order valence-corrected chi connectivity index (χ4v) is 3.59. The minimum atomic E-state index is -0.0935. The highest BCUT2D eigenvalue weighted by Crippen LogP contribution is 2.32. The van der Waals surface area contributed by atoms with E-state index in [0.29, 0.717) is 22.7 Å². The Hall–Kier alpha value is -3.38. The van der Waals surface area contributed by atoms with Gasteiger partial charge in [-0.3, -0.25) is 4.79 Å². The van der Waals surface area contributed by atoms with Crippen LogP contribution in [0.3, 0.4) is 0 Å². The Morgan fingerprint density at radius 1 is 0.900 bits per heavy atom. The van der Waals surface area contributed by atoms with Crippen LogP contribution in [0, 0.1) is 0 Å². The first-order valence-electron chi connectivity index (χ1n) is 9.29. The molecule has 30 heavy (non-hydrogen) atoms. The maximum Gasteiger partial charge on any atom is 0.204 e. The van der Waals surface area contributed by atoms with E-state index >= 15 is 0 Å². The highest BCUT2D eigenvalue weighted by atomic mass is 79.9. The van der Waals surface area contributed by atoms with E-state index < -0.39 is 0 Å². The van der Waals surface area contributed by atoms with E-state index in [1.54, 1.807) is 31.0 Å². The fraction of sp³-hybridized carbons (Fsp3) is 0.0833. The first-order chi connectivity index (χ1) is 14.6. The highest BCUT2D eigenvalue weighted by molar-refractivity contribution is 9.10. The fourth-order valence-electron chi connectivity index (χ4n) is 3.33. The van der Waals surface area contributed by atoms with E-state index in [2.05, 4.69) is 15.9 Å². The molecule has 150 valence electrons. The molecule has 0 aliphatic heterocycles. The number of aromatic nitrogens is 2. The quantitative estimate of drug-likeness (QED) is 0.401. The van der Waals surface area contributed by atoms with Crippen molar-refractivity contribution < 1.29 is 9.47 Å². The van der Waals surface area contributed by atoms with E-state index in [0.717, 1.165) is 21.1 Å². The average Bonchev–Trinajstić information content (AvgIpc) is 3.02. The maximum absolute atomic E-state index is 12.8. The lowest BCUT2D eigenvalue weighted by molar-refractivity contribution is 0.354. The van der Waals surface area contributed by atoms with E-state index in [-0.39, 0.29) is 5.43 Å². The van der Waals surface area contributed by atoms with Crippen molar-refractivity contribution in [3.63, 3.8) is 0 Å². The van der Waals surface area contributed by atoms with Crippen molar-refractivity contribution in [3.05, 3.63) is 92.7 Å². The molecule has 0 saturated heterocycles. The first kappa shape index (κ1) is 19.9. The van der Waals surface area contributed by atoms with Gasteiger partial charge in [-0.05, 0) is 48.6 Å². The van der Waals surface area contributed by atoms with Gasteiger partial charge in [-0.2, -0.15) is 5.10 Å². The molecule has 0 spiro atoms. The number of hydrogen-bond donors (Lipinski definition) is 0. The SMILES string of the molecule is COc1cccc(C=Cc2nn(-c3ccc(Br)cc3)c3c(=O)ccccc23)c1OC. The summed E-state index contributed by atoms with van der Waals surface area (Å²) < 4.78 is 13.5. The second kappa shape index (κ2) is 8.55. The van der Waals surface area contributed by atoms with E-state index in [1.165, 1.54) is 0 Å². The molecule has 6 heteroatoms. The second-order valence-corrected chi connectivity index (χ2v) is 7.45. The van der Waals surface area contributed by atoms with Crippen molar-refractivity contribution in [2.75, 3.05) is 14.2 Å². The summed E-state index contributed by atoms with van der Waals surface area (Å²) in [5.41, 5.74) is 2.78. The minimum Gasteiger partial charge on any atom is -0.493 e. The van der Waals surface area contributed by atoms with Gasteiger partial charge in [-0.1, -0.05) is 46.3 Å². The van der Waals surface area contributed by atoms with Gasteiger partial charge in [0.2, 0.25) is 5.43 Å². The van der Waals surface area contributed by atoms with Gasteiger partial charge in [0.15, 0.2) is 11.5 Å². The van der Waals surface area contributed by atoms with Crippen LogP contribution in [0.25, 0.3) is 28.7 Å². The van der Waals surface area contributed by atoms with E-state index in [9.17, 15) is 4.79 Å². The molecule has 0 bridgehead atoms. The Bertz CT molecular complexity index is 1290. The zero-order valence-electron chi connectivity index (χ0n) is 16.5. The van der Waals surface area contributed by atoms with Gasteiger partial charge in [0.1, 0.15) is 5.52 Å². The predicted octanol–water partition coefficient (Wildman–Crippen LogP) is 5.34. The van der Waals surface area contributed by atoms with Crippen LogP contribution in [0.4, 0.5) is 0 Å². The normalized spacial score (nSPS) is 11.2. The van der Waals surface area contributed by atoms with Crippen LogP contribution in [-0.2, 0) is 0 Å². The number of halogens is 1. The lowest BCUT2D eigenvalue weighted by atomic mass is 10.1. The summed E-state index contributed by atoms with van der Waals surface area (Å²) in [6, 6.07) is 20.4. The van der Waals surface area contributed by atoms with Gasteiger partial charge >= 0.3 is 0 Å². The van der Waals surface area contributed by atoms with Gasteiger partial charge in [0.25, 0.3) is 0 Å². The number of methoxy groups -OCH3 is 2. The van der Waals surface area contributed by atoms with Crippen molar-refractivity contribution in [1.82, 2.24) is 9.78 Å². The van der Waals surface area contributed by atoms with Crippen molar-refractivity contribution in [2.24, 2.45) is 0 Å². The molecule has 0 radical (unpaired) electrons. The van der Waals surface area contributed by atoms with Crippen LogP contribution in [0.15, 0.2) is 76.0 Å². The molecule has 0 atom stereocenters. The van der Waals surface area contributed by atoms with Crippen LogP contribution in [0.1, 0.15) is 11.3 Å². The lowest BCUT2D eigenvalue weighted by Gasteiger charge is -2.09. The first-order valence-corrected chi connectivity index (χ1v) is 10.1. The summed E-state index contributed by atoms with van der Waals surface area (Å²) in [5, 5.41) is 5.50. The predicted molar refractivity (Wildman–Crippen MR) is 124 cm³/mol. The van der Waals surface area contributed by atoms with Crippen molar-refractivity contribution in [2.45, 2.75) is 0 Å². The van der Waals surface area contributed by atoms with E-state index in [1.807, 2.05) is 66.7 Å². The Kier molecular flexibility index (Phi) is 5.68. The van der Waals surface area contributed by atoms with Gasteiger partial charge in [0, 0.05) is 15.4 Å². The maximum atomic E-state index is 12.8. The summed E-state index contributed by atoms with van der Waals surface area (Å²) in [5.74, 6) is 1.29. The van der Waals surface area contributed by atoms with Gasteiger partial charge < -0.3 is 9.47 Å². The molecular weight excluding hydrogens is 444 g/mol. The number of ether oxygens (including phenoxy) is 2. The Balaban J connectivity index is 1.90.